The summed E-state index contributed by atoms with van der Waals surface area (Å²) < 4.78 is 0. The molecule has 1 atom stereocenters. The van der Waals surface area contributed by atoms with Crippen LogP contribution in [-0.2, 0) is 17.8 Å². The Balaban J connectivity index is 1.25. The van der Waals surface area contributed by atoms with Crippen LogP contribution in [-0.4, -0.2) is 104 Å². The molecule has 1 N–H and O–H groups in total. The first-order valence-electron chi connectivity index (χ1n) is 12.5. The minimum Gasteiger partial charge on any atom is -0.390 e. The van der Waals surface area contributed by atoms with Crippen molar-refractivity contribution in [1.29, 1.82) is 0 Å². The number of piperazine rings is 1. The lowest BCUT2D eigenvalue weighted by Gasteiger charge is -2.34. The molecule has 0 bridgehead atoms. The van der Waals surface area contributed by atoms with Gasteiger partial charge in [0.1, 0.15) is 0 Å². The van der Waals surface area contributed by atoms with E-state index in [4.69, 9.17) is 0 Å². The van der Waals surface area contributed by atoms with Gasteiger partial charge in [-0.1, -0.05) is 24.3 Å². The molecule has 1 fully saturated rings. The number of hydrogen-bond donors (Lipinski definition) is 1. The molecule has 35 heavy (non-hydrogen) atoms. The van der Waals surface area contributed by atoms with Crippen molar-refractivity contribution in [1.82, 2.24) is 14.7 Å². The first-order chi connectivity index (χ1) is 16.9. The van der Waals surface area contributed by atoms with Crippen LogP contribution >= 0.6 is 0 Å². The number of β-amino-alcohol motifs (C(OH)–C–C–N with tert-alkyl or cyclic N) is 1. The lowest BCUT2D eigenvalue weighted by Crippen LogP contribution is -2.48. The molecule has 0 aliphatic carbocycles. The number of carbonyl (C=O) groups is 2. The summed E-state index contributed by atoms with van der Waals surface area (Å²) in [5.74, 6) is 0.0568. The molecule has 3 heterocycles. The third-order valence-electron chi connectivity index (χ3n) is 7.55. The van der Waals surface area contributed by atoms with Gasteiger partial charge in [0.25, 0.3) is 5.91 Å². The van der Waals surface area contributed by atoms with Crippen molar-refractivity contribution in [3.8, 4) is 0 Å². The first-order valence-corrected chi connectivity index (χ1v) is 12.5. The number of likely N-dealkylation sites (N-methyl/N-ethyl adjacent to an activating group) is 2. The number of fused-ring (bicyclic) bond motifs is 2. The second kappa shape index (κ2) is 9.87. The van der Waals surface area contributed by atoms with Gasteiger partial charge in [-0.3, -0.25) is 14.5 Å². The molecule has 0 aromatic heterocycles. The third kappa shape index (κ3) is 4.99. The number of carbonyl (C=O) groups excluding carboxylic acids is 2. The minimum absolute atomic E-state index is 0.0478. The molecule has 5 rings (SSSR count). The molecule has 0 saturated carbocycles. The van der Waals surface area contributed by atoms with Crippen molar-refractivity contribution in [2.24, 2.45) is 0 Å². The van der Waals surface area contributed by atoms with E-state index in [-0.39, 0.29) is 11.8 Å². The largest absolute Gasteiger partial charge is 0.390 e. The number of nitrogens with zero attached hydrogens (tertiary/aromatic N) is 5. The van der Waals surface area contributed by atoms with Crippen molar-refractivity contribution in [3.63, 3.8) is 0 Å². The maximum absolute atomic E-state index is 13.5. The van der Waals surface area contributed by atoms with E-state index in [9.17, 15) is 14.7 Å². The van der Waals surface area contributed by atoms with Crippen LogP contribution in [0.3, 0.4) is 0 Å². The van der Waals surface area contributed by atoms with Crippen molar-refractivity contribution in [3.05, 3.63) is 59.2 Å². The number of aliphatic hydroxyl groups is 1. The minimum atomic E-state index is -0.605. The van der Waals surface area contributed by atoms with E-state index in [1.165, 1.54) is 11.1 Å². The maximum Gasteiger partial charge on any atom is 0.256 e. The zero-order chi connectivity index (χ0) is 24.5. The number of aliphatic hydroxyl groups excluding tert-OH is 1. The summed E-state index contributed by atoms with van der Waals surface area (Å²) in [5, 5.41) is 10.9. The monoisotopic (exact) mass is 477 g/mol. The van der Waals surface area contributed by atoms with Crippen LogP contribution < -0.4 is 9.80 Å². The van der Waals surface area contributed by atoms with E-state index in [0.29, 0.717) is 44.8 Å². The Morgan fingerprint density at radius 2 is 1.63 bits per heavy atom. The van der Waals surface area contributed by atoms with Crippen molar-refractivity contribution in [2.75, 3.05) is 76.3 Å². The standard InChI is InChI=1S/C27H35N5O3/c1-28-11-14-32(18-23(33)17-30-10-9-20-5-3-4-6-21(20)16-30)27(35)24-8-7-22(15-25(24)28)31-13-12-29(2)26(34)19-31/h3-8,15,23,33H,9-14,16-19H2,1-2H3/t23-/m1/s1. The van der Waals surface area contributed by atoms with Crippen LogP contribution in [0.15, 0.2) is 42.5 Å². The number of rotatable bonds is 5. The van der Waals surface area contributed by atoms with Crippen molar-refractivity contribution >= 4 is 23.2 Å². The maximum atomic E-state index is 13.5. The van der Waals surface area contributed by atoms with E-state index < -0.39 is 6.10 Å². The molecule has 186 valence electrons. The van der Waals surface area contributed by atoms with Crippen LogP contribution in [0.2, 0.25) is 0 Å². The summed E-state index contributed by atoms with van der Waals surface area (Å²) in [5.41, 5.74) is 5.20. The Morgan fingerprint density at radius 3 is 2.43 bits per heavy atom. The Labute approximate surface area is 207 Å². The SMILES string of the molecule is CN1CCN(c2ccc3c(c2)N(C)CCN(C[C@H](O)CN2CCc4ccccc4C2)C3=O)CC1=O. The fourth-order valence-electron chi connectivity index (χ4n) is 5.35. The summed E-state index contributed by atoms with van der Waals surface area (Å²) in [4.78, 5) is 35.6. The van der Waals surface area contributed by atoms with Gasteiger partial charge in [-0.15, -0.1) is 0 Å². The average Bonchev–Trinajstić information content (AvgIpc) is 2.97. The van der Waals surface area contributed by atoms with Gasteiger partial charge in [-0.2, -0.15) is 0 Å². The molecule has 8 nitrogen and oxygen atoms in total. The van der Waals surface area contributed by atoms with Gasteiger partial charge in [0.15, 0.2) is 0 Å². The lowest BCUT2D eigenvalue weighted by atomic mass is 10.00. The molecular formula is C27H35N5O3. The smallest absolute Gasteiger partial charge is 0.256 e. The average molecular weight is 478 g/mol. The Hall–Kier alpha value is -3.10. The summed E-state index contributed by atoms with van der Waals surface area (Å²) in [7, 11) is 3.83. The number of hydrogen-bond acceptors (Lipinski definition) is 6. The highest BCUT2D eigenvalue weighted by Gasteiger charge is 2.29. The highest BCUT2D eigenvalue weighted by atomic mass is 16.3. The Bertz CT molecular complexity index is 1110. The number of amides is 2. The van der Waals surface area contributed by atoms with E-state index in [0.717, 1.165) is 37.4 Å². The first kappa shape index (κ1) is 23.6. The second-order valence-corrected chi connectivity index (χ2v) is 10.0. The molecule has 2 amide bonds. The van der Waals surface area contributed by atoms with Crippen LogP contribution in [0.4, 0.5) is 11.4 Å². The van der Waals surface area contributed by atoms with Gasteiger partial charge in [-0.05, 0) is 35.7 Å². The fraction of sp³-hybridized carbons (Fsp3) is 0.481. The number of benzene rings is 2. The normalized spacial score (nSPS) is 20.0. The molecular weight excluding hydrogens is 442 g/mol. The topological polar surface area (TPSA) is 70.6 Å². The van der Waals surface area contributed by atoms with Gasteiger partial charge in [0.05, 0.1) is 23.9 Å². The van der Waals surface area contributed by atoms with E-state index >= 15 is 0 Å². The summed E-state index contributed by atoms with van der Waals surface area (Å²) in [6.07, 6.45) is 0.386. The molecule has 2 aromatic carbocycles. The van der Waals surface area contributed by atoms with Gasteiger partial charge >= 0.3 is 0 Å². The molecule has 0 spiro atoms. The summed E-state index contributed by atoms with van der Waals surface area (Å²) in [6, 6.07) is 14.3. The summed E-state index contributed by atoms with van der Waals surface area (Å²) >= 11 is 0. The molecule has 2 aromatic rings. The predicted molar refractivity (Wildman–Crippen MR) is 137 cm³/mol. The zero-order valence-electron chi connectivity index (χ0n) is 20.7. The Morgan fingerprint density at radius 1 is 0.857 bits per heavy atom. The highest BCUT2D eigenvalue weighted by molar-refractivity contribution is 6.01. The quantitative estimate of drug-likeness (QED) is 0.700. The second-order valence-electron chi connectivity index (χ2n) is 10.0. The van der Waals surface area contributed by atoms with Gasteiger partial charge in [0, 0.05) is 72.1 Å². The molecule has 3 aliphatic rings. The van der Waals surface area contributed by atoms with Crippen LogP contribution in [0, 0.1) is 0 Å². The fourth-order valence-corrected chi connectivity index (χ4v) is 5.35. The van der Waals surface area contributed by atoms with Crippen molar-refractivity contribution in [2.45, 2.75) is 19.1 Å². The summed E-state index contributed by atoms with van der Waals surface area (Å²) in [6.45, 7) is 5.70. The van der Waals surface area contributed by atoms with Gasteiger partial charge in [-0.25, -0.2) is 0 Å². The highest BCUT2D eigenvalue weighted by Crippen LogP contribution is 2.30. The molecule has 0 radical (unpaired) electrons. The van der Waals surface area contributed by atoms with Gasteiger partial charge < -0.3 is 24.7 Å². The van der Waals surface area contributed by atoms with Crippen LogP contribution in [0.25, 0.3) is 0 Å². The molecule has 0 unspecified atom stereocenters. The van der Waals surface area contributed by atoms with E-state index in [1.54, 1.807) is 9.80 Å². The molecule has 1 saturated heterocycles. The third-order valence-corrected chi connectivity index (χ3v) is 7.55. The van der Waals surface area contributed by atoms with Crippen molar-refractivity contribution < 1.29 is 14.7 Å². The lowest BCUT2D eigenvalue weighted by molar-refractivity contribution is -0.129. The van der Waals surface area contributed by atoms with E-state index in [2.05, 4.69) is 39.0 Å². The zero-order valence-corrected chi connectivity index (χ0v) is 20.7. The predicted octanol–water partition coefficient (Wildman–Crippen LogP) is 1.28. The van der Waals surface area contributed by atoms with E-state index in [1.807, 2.05) is 32.3 Å². The molecule has 8 heteroatoms. The molecule has 3 aliphatic heterocycles. The number of anilines is 2. The van der Waals surface area contributed by atoms with Crippen LogP contribution in [0.1, 0.15) is 21.5 Å². The van der Waals surface area contributed by atoms with Crippen LogP contribution in [0.5, 0.6) is 0 Å². The van der Waals surface area contributed by atoms with Gasteiger partial charge in [0.2, 0.25) is 5.91 Å². The Kier molecular flexibility index (Phi) is 6.67.